The summed E-state index contributed by atoms with van der Waals surface area (Å²) < 4.78 is 0. The van der Waals surface area contributed by atoms with Gasteiger partial charge in [-0.1, -0.05) is 24.3 Å². The van der Waals surface area contributed by atoms with Crippen molar-refractivity contribution in [2.45, 2.75) is 32.7 Å². The minimum Gasteiger partial charge on any atom is -0.352 e. The van der Waals surface area contributed by atoms with Gasteiger partial charge in [0.2, 0.25) is 5.91 Å². The third kappa shape index (κ3) is 4.45. The summed E-state index contributed by atoms with van der Waals surface area (Å²) in [4.78, 5) is 23.8. The Morgan fingerprint density at radius 2 is 2.10 bits per heavy atom. The van der Waals surface area contributed by atoms with Gasteiger partial charge in [0.1, 0.15) is 0 Å². The topological polar surface area (TPSA) is 58.2 Å². The van der Waals surface area contributed by atoms with Crippen molar-refractivity contribution >= 4 is 11.8 Å². The van der Waals surface area contributed by atoms with Gasteiger partial charge >= 0.3 is 0 Å². The summed E-state index contributed by atoms with van der Waals surface area (Å²) in [6.45, 7) is 2.96. The average Bonchev–Trinajstić information content (AvgIpc) is 2.54. The summed E-state index contributed by atoms with van der Waals surface area (Å²) in [6, 6.07) is 7.37. The van der Waals surface area contributed by atoms with E-state index in [9.17, 15) is 9.59 Å². The maximum Gasteiger partial charge on any atom is 0.251 e. The third-order valence-corrected chi connectivity index (χ3v) is 3.63. The number of allylic oxidation sites excluding steroid dienone is 2. The second-order valence-electron chi connectivity index (χ2n) is 5.26. The van der Waals surface area contributed by atoms with Crippen LogP contribution in [0.1, 0.15) is 42.1 Å². The van der Waals surface area contributed by atoms with E-state index in [0.717, 1.165) is 24.8 Å². The Bertz CT molecular complexity index is 537. The molecule has 0 bridgehead atoms. The molecule has 0 saturated heterocycles. The molecular weight excluding hydrogens is 264 g/mol. The van der Waals surface area contributed by atoms with Crippen LogP contribution in [0.2, 0.25) is 0 Å². The highest BCUT2D eigenvalue weighted by molar-refractivity contribution is 5.94. The highest BCUT2D eigenvalue weighted by atomic mass is 16.2. The summed E-state index contributed by atoms with van der Waals surface area (Å²) in [7, 11) is 0. The van der Waals surface area contributed by atoms with Crippen molar-refractivity contribution in [3.8, 4) is 0 Å². The van der Waals surface area contributed by atoms with E-state index in [4.69, 9.17) is 0 Å². The minimum absolute atomic E-state index is 0.0805. The van der Waals surface area contributed by atoms with Gasteiger partial charge in [-0.2, -0.15) is 0 Å². The van der Waals surface area contributed by atoms with Crippen molar-refractivity contribution in [3.63, 3.8) is 0 Å². The van der Waals surface area contributed by atoms with Crippen LogP contribution in [0.4, 0.5) is 0 Å². The smallest absolute Gasteiger partial charge is 0.251 e. The van der Waals surface area contributed by atoms with Crippen molar-refractivity contribution in [1.82, 2.24) is 10.6 Å². The van der Waals surface area contributed by atoms with Gasteiger partial charge in [-0.05, 0) is 43.9 Å². The van der Waals surface area contributed by atoms with E-state index in [1.54, 1.807) is 6.07 Å². The molecule has 1 aromatic carbocycles. The number of hydrogen-bond donors (Lipinski definition) is 2. The van der Waals surface area contributed by atoms with Gasteiger partial charge in [-0.15, -0.1) is 0 Å². The van der Waals surface area contributed by atoms with Crippen LogP contribution in [0.5, 0.6) is 0 Å². The molecule has 0 aromatic heterocycles. The zero-order valence-corrected chi connectivity index (χ0v) is 12.4. The van der Waals surface area contributed by atoms with Crippen LogP contribution < -0.4 is 10.6 Å². The average molecular weight is 286 g/mol. The summed E-state index contributed by atoms with van der Waals surface area (Å²) in [6.07, 6.45) is 6.92. The summed E-state index contributed by atoms with van der Waals surface area (Å²) in [5.74, 6) is 0.104. The van der Waals surface area contributed by atoms with Crippen LogP contribution in [0, 0.1) is 5.92 Å². The molecule has 1 atom stereocenters. The molecule has 0 heterocycles. The Morgan fingerprint density at radius 1 is 1.24 bits per heavy atom. The van der Waals surface area contributed by atoms with Gasteiger partial charge in [0.05, 0.1) is 0 Å². The van der Waals surface area contributed by atoms with Crippen molar-refractivity contribution in [2.24, 2.45) is 5.92 Å². The predicted octanol–water partition coefficient (Wildman–Crippen LogP) is 2.41. The molecule has 0 spiro atoms. The molecule has 0 fully saturated rings. The molecule has 0 aliphatic heterocycles. The molecule has 2 amide bonds. The number of amides is 2. The quantitative estimate of drug-likeness (QED) is 0.817. The third-order valence-electron chi connectivity index (χ3n) is 3.63. The first kappa shape index (κ1) is 15.3. The second kappa shape index (κ2) is 7.62. The highest BCUT2D eigenvalue weighted by Gasteiger charge is 2.18. The Balaban J connectivity index is 1.90. The SMILES string of the molecule is CCNC(=O)c1cccc(CNC(=O)[C@H]2CC=CCC2)c1. The molecule has 0 unspecified atom stereocenters. The number of nitrogens with one attached hydrogen (secondary N) is 2. The van der Waals surface area contributed by atoms with Crippen LogP contribution in [0.15, 0.2) is 36.4 Å². The first-order chi connectivity index (χ1) is 10.2. The fourth-order valence-electron chi connectivity index (χ4n) is 2.45. The molecule has 4 heteroatoms. The van der Waals surface area contributed by atoms with Crippen LogP contribution in [-0.4, -0.2) is 18.4 Å². The van der Waals surface area contributed by atoms with Gasteiger partial charge < -0.3 is 10.6 Å². The maximum absolute atomic E-state index is 12.1. The molecule has 1 aromatic rings. The molecule has 0 radical (unpaired) electrons. The second-order valence-corrected chi connectivity index (χ2v) is 5.26. The number of benzene rings is 1. The predicted molar refractivity (Wildman–Crippen MR) is 82.8 cm³/mol. The lowest BCUT2D eigenvalue weighted by atomic mass is 9.93. The highest BCUT2D eigenvalue weighted by Crippen LogP contribution is 2.18. The minimum atomic E-state index is -0.0805. The molecule has 1 aliphatic rings. The molecule has 4 nitrogen and oxygen atoms in total. The van der Waals surface area contributed by atoms with E-state index in [-0.39, 0.29) is 17.7 Å². The Kier molecular flexibility index (Phi) is 5.55. The van der Waals surface area contributed by atoms with E-state index in [0.29, 0.717) is 18.7 Å². The van der Waals surface area contributed by atoms with Gasteiger partial charge in [0.25, 0.3) is 5.91 Å². The summed E-state index contributed by atoms with van der Waals surface area (Å²) in [5, 5.41) is 5.73. The lowest BCUT2D eigenvalue weighted by Gasteiger charge is -2.17. The molecular formula is C17H22N2O2. The van der Waals surface area contributed by atoms with Crippen molar-refractivity contribution in [2.75, 3.05) is 6.54 Å². The van der Waals surface area contributed by atoms with Gasteiger partial charge in [0.15, 0.2) is 0 Å². The van der Waals surface area contributed by atoms with E-state index < -0.39 is 0 Å². The van der Waals surface area contributed by atoms with E-state index in [2.05, 4.69) is 22.8 Å². The van der Waals surface area contributed by atoms with Gasteiger partial charge in [0, 0.05) is 24.6 Å². The molecule has 0 saturated carbocycles. The number of rotatable bonds is 5. The fraction of sp³-hybridized carbons (Fsp3) is 0.412. The van der Waals surface area contributed by atoms with Crippen LogP contribution in [0.3, 0.4) is 0 Å². The zero-order chi connectivity index (χ0) is 15.1. The van der Waals surface area contributed by atoms with Gasteiger partial charge in [-0.3, -0.25) is 9.59 Å². The van der Waals surface area contributed by atoms with Crippen molar-refractivity contribution < 1.29 is 9.59 Å². The Labute approximate surface area is 125 Å². The van der Waals surface area contributed by atoms with Crippen LogP contribution in [-0.2, 0) is 11.3 Å². The van der Waals surface area contributed by atoms with Crippen molar-refractivity contribution in [3.05, 3.63) is 47.5 Å². The van der Waals surface area contributed by atoms with Crippen LogP contribution >= 0.6 is 0 Å². The Morgan fingerprint density at radius 3 is 2.81 bits per heavy atom. The fourth-order valence-corrected chi connectivity index (χ4v) is 2.45. The van der Waals surface area contributed by atoms with Crippen LogP contribution in [0.25, 0.3) is 0 Å². The van der Waals surface area contributed by atoms with E-state index in [1.807, 2.05) is 25.1 Å². The van der Waals surface area contributed by atoms with E-state index in [1.165, 1.54) is 0 Å². The van der Waals surface area contributed by atoms with Crippen molar-refractivity contribution in [1.29, 1.82) is 0 Å². The summed E-state index contributed by atoms with van der Waals surface area (Å²) >= 11 is 0. The van der Waals surface area contributed by atoms with Gasteiger partial charge in [-0.25, -0.2) is 0 Å². The molecule has 21 heavy (non-hydrogen) atoms. The Hall–Kier alpha value is -2.10. The first-order valence-electron chi connectivity index (χ1n) is 7.50. The largest absolute Gasteiger partial charge is 0.352 e. The summed E-state index contributed by atoms with van der Waals surface area (Å²) in [5.41, 5.74) is 1.57. The number of hydrogen-bond acceptors (Lipinski definition) is 2. The molecule has 2 N–H and O–H groups in total. The molecule has 2 rings (SSSR count). The number of carbonyl (C=O) groups is 2. The monoisotopic (exact) mass is 286 g/mol. The number of carbonyl (C=O) groups excluding carboxylic acids is 2. The normalized spacial score (nSPS) is 17.3. The van der Waals surface area contributed by atoms with E-state index >= 15 is 0 Å². The lowest BCUT2D eigenvalue weighted by Crippen LogP contribution is -2.30. The molecule has 1 aliphatic carbocycles. The first-order valence-corrected chi connectivity index (χ1v) is 7.50. The maximum atomic E-state index is 12.1. The molecule has 112 valence electrons. The lowest BCUT2D eigenvalue weighted by molar-refractivity contribution is -0.125. The standard InChI is InChI=1S/C17H22N2O2/c1-2-18-17(21)15-10-6-7-13(11-15)12-19-16(20)14-8-4-3-5-9-14/h3-4,6-7,10-11,14H,2,5,8-9,12H2,1H3,(H,18,21)(H,19,20)/t14-/m0/s1. The zero-order valence-electron chi connectivity index (χ0n) is 12.4.